The third-order valence-corrected chi connectivity index (χ3v) is 4.48. The summed E-state index contributed by atoms with van der Waals surface area (Å²) in [5, 5.41) is 0.560. The Labute approximate surface area is 174 Å². The lowest BCUT2D eigenvalue weighted by molar-refractivity contribution is 0.208. The first-order chi connectivity index (χ1) is 14.7. The van der Waals surface area contributed by atoms with Gasteiger partial charge in [0.2, 0.25) is 0 Å². The van der Waals surface area contributed by atoms with Crippen LogP contribution in [-0.2, 0) is 0 Å². The van der Waals surface area contributed by atoms with Gasteiger partial charge < -0.3 is 19.2 Å². The summed E-state index contributed by atoms with van der Waals surface area (Å²) >= 11 is 0. The van der Waals surface area contributed by atoms with Crippen molar-refractivity contribution in [2.45, 2.75) is 6.92 Å². The third-order valence-electron chi connectivity index (χ3n) is 4.48. The van der Waals surface area contributed by atoms with Crippen molar-refractivity contribution in [1.29, 1.82) is 0 Å². The first kappa shape index (κ1) is 19.5. The Hall–Kier alpha value is -3.80. The Morgan fingerprint density at radius 3 is 2.43 bits per heavy atom. The molecular weight excluding hydrogens is 380 g/mol. The lowest BCUT2D eigenvalue weighted by Crippen LogP contribution is -2.11. The van der Waals surface area contributed by atoms with Crippen LogP contribution in [0.5, 0.6) is 17.2 Å². The highest BCUT2D eigenvalue weighted by Crippen LogP contribution is 2.32. The molecule has 0 atom stereocenters. The fraction of sp³-hybridized carbons (Fsp3) is 0.167. The molecule has 1 N–H and O–H groups in total. The number of para-hydroxylation sites is 2. The molecule has 0 aliphatic carbocycles. The van der Waals surface area contributed by atoms with E-state index < -0.39 is 0 Å². The van der Waals surface area contributed by atoms with Crippen LogP contribution in [0.4, 0.5) is 0 Å². The second-order valence-corrected chi connectivity index (χ2v) is 6.54. The maximum absolute atomic E-state index is 12.4. The fourth-order valence-electron chi connectivity index (χ4n) is 3.09. The predicted octanol–water partition coefficient (Wildman–Crippen LogP) is 4.45. The molecule has 1 heterocycles. The molecule has 0 saturated heterocycles. The van der Waals surface area contributed by atoms with Crippen molar-refractivity contribution in [3.05, 3.63) is 83.2 Å². The minimum atomic E-state index is -0.174. The SMILES string of the molecule is CCOc1cc(-c2nc3ccccc3c(=O)[nH]2)ccc1OCCOc1ccccc1. The molecule has 0 saturated carbocycles. The van der Waals surface area contributed by atoms with E-state index in [1.54, 1.807) is 6.07 Å². The molecule has 0 radical (unpaired) electrons. The maximum Gasteiger partial charge on any atom is 0.259 e. The molecule has 30 heavy (non-hydrogen) atoms. The molecular formula is C24H22N2O4. The van der Waals surface area contributed by atoms with Gasteiger partial charge in [-0.1, -0.05) is 30.3 Å². The largest absolute Gasteiger partial charge is 0.490 e. The van der Waals surface area contributed by atoms with Crippen LogP contribution in [0.3, 0.4) is 0 Å². The number of rotatable bonds is 8. The van der Waals surface area contributed by atoms with E-state index in [9.17, 15) is 4.79 Å². The summed E-state index contributed by atoms with van der Waals surface area (Å²) in [4.78, 5) is 19.8. The Morgan fingerprint density at radius 1 is 0.833 bits per heavy atom. The van der Waals surface area contributed by atoms with E-state index in [1.807, 2.05) is 73.7 Å². The first-order valence-corrected chi connectivity index (χ1v) is 9.81. The van der Waals surface area contributed by atoms with Gasteiger partial charge in [-0.05, 0) is 49.4 Å². The fourth-order valence-corrected chi connectivity index (χ4v) is 3.09. The highest BCUT2D eigenvalue weighted by molar-refractivity contribution is 5.79. The summed E-state index contributed by atoms with van der Waals surface area (Å²) in [7, 11) is 0. The average Bonchev–Trinajstić information content (AvgIpc) is 2.78. The number of H-pyrrole nitrogens is 1. The summed E-state index contributed by atoms with van der Waals surface area (Å²) in [6.07, 6.45) is 0. The van der Waals surface area contributed by atoms with Crippen LogP contribution in [0.25, 0.3) is 22.3 Å². The van der Waals surface area contributed by atoms with Gasteiger partial charge in [0, 0.05) is 5.56 Å². The van der Waals surface area contributed by atoms with Gasteiger partial charge in [-0.2, -0.15) is 0 Å². The Kier molecular flexibility index (Phi) is 5.94. The summed E-state index contributed by atoms with van der Waals surface area (Å²) in [6.45, 7) is 3.18. The van der Waals surface area contributed by atoms with Crippen molar-refractivity contribution in [2.75, 3.05) is 19.8 Å². The second-order valence-electron chi connectivity index (χ2n) is 6.54. The van der Waals surface area contributed by atoms with Crippen LogP contribution in [-0.4, -0.2) is 29.8 Å². The molecule has 4 aromatic rings. The summed E-state index contributed by atoms with van der Waals surface area (Å²) in [6, 6.07) is 22.3. The standard InChI is InChI=1S/C24H22N2O4/c1-2-28-22-16-17(23-25-20-11-7-6-10-19(20)24(27)26-23)12-13-21(22)30-15-14-29-18-8-4-3-5-9-18/h3-13,16H,2,14-15H2,1H3,(H,25,26,27). The monoisotopic (exact) mass is 402 g/mol. The molecule has 6 heteroatoms. The molecule has 152 valence electrons. The summed E-state index contributed by atoms with van der Waals surface area (Å²) in [5.74, 6) is 2.48. The van der Waals surface area contributed by atoms with Crippen molar-refractivity contribution < 1.29 is 14.2 Å². The Balaban J connectivity index is 1.52. The molecule has 0 aliphatic rings. The van der Waals surface area contributed by atoms with Gasteiger partial charge in [0.1, 0.15) is 24.8 Å². The smallest absolute Gasteiger partial charge is 0.259 e. The highest BCUT2D eigenvalue weighted by Gasteiger charge is 2.11. The molecule has 0 fully saturated rings. The predicted molar refractivity (Wildman–Crippen MR) is 116 cm³/mol. The molecule has 1 aromatic heterocycles. The van der Waals surface area contributed by atoms with Gasteiger partial charge in [-0.3, -0.25) is 4.79 Å². The molecule has 0 unspecified atom stereocenters. The Bertz CT molecular complexity index is 1190. The van der Waals surface area contributed by atoms with Crippen LogP contribution >= 0.6 is 0 Å². The highest BCUT2D eigenvalue weighted by atomic mass is 16.5. The van der Waals surface area contributed by atoms with E-state index >= 15 is 0 Å². The molecule has 3 aromatic carbocycles. The van der Waals surface area contributed by atoms with Crippen molar-refractivity contribution in [3.8, 4) is 28.6 Å². The Morgan fingerprint density at radius 2 is 1.60 bits per heavy atom. The minimum absolute atomic E-state index is 0.174. The molecule has 6 nitrogen and oxygen atoms in total. The van der Waals surface area contributed by atoms with Gasteiger partial charge >= 0.3 is 0 Å². The number of aromatic nitrogens is 2. The molecule has 4 rings (SSSR count). The lowest BCUT2D eigenvalue weighted by atomic mass is 10.1. The van der Waals surface area contributed by atoms with E-state index in [0.29, 0.717) is 48.0 Å². The van der Waals surface area contributed by atoms with E-state index in [0.717, 1.165) is 11.3 Å². The first-order valence-electron chi connectivity index (χ1n) is 9.81. The zero-order valence-corrected chi connectivity index (χ0v) is 16.6. The summed E-state index contributed by atoms with van der Waals surface area (Å²) in [5.41, 5.74) is 1.22. The van der Waals surface area contributed by atoms with Crippen molar-refractivity contribution >= 4 is 10.9 Å². The van der Waals surface area contributed by atoms with Crippen LogP contribution in [0, 0.1) is 0 Å². The number of fused-ring (bicyclic) bond motifs is 1. The van der Waals surface area contributed by atoms with Crippen LogP contribution in [0.2, 0.25) is 0 Å². The zero-order valence-electron chi connectivity index (χ0n) is 16.6. The van der Waals surface area contributed by atoms with Crippen LogP contribution in [0.15, 0.2) is 77.6 Å². The van der Waals surface area contributed by atoms with Crippen molar-refractivity contribution in [1.82, 2.24) is 9.97 Å². The van der Waals surface area contributed by atoms with Crippen molar-refractivity contribution in [3.63, 3.8) is 0 Å². The average molecular weight is 402 g/mol. The number of hydrogen-bond donors (Lipinski definition) is 1. The second kappa shape index (κ2) is 9.13. The topological polar surface area (TPSA) is 73.4 Å². The molecule has 0 aliphatic heterocycles. The number of aromatic amines is 1. The minimum Gasteiger partial charge on any atom is -0.490 e. The van der Waals surface area contributed by atoms with Gasteiger partial charge in [-0.15, -0.1) is 0 Å². The number of nitrogens with one attached hydrogen (secondary N) is 1. The summed E-state index contributed by atoms with van der Waals surface area (Å²) < 4.78 is 17.3. The number of benzene rings is 3. The van der Waals surface area contributed by atoms with E-state index in [-0.39, 0.29) is 5.56 Å². The van der Waals surface area contributed by atoms with Crippen LogP contribution in [0.1, 0.15) is 6.92 Å². The quantitative estimate of drug-likeness (QED) is 0.441. The van der Waals surface area contributed by atoms with Crippen LogP contribution < -0.4 is 19.8 Å². The van der Waals surface area contributed by atoms with Gasteiger partial charge in [0.15, 0.2) is 11.5 Å². The van der Waals surface area contributed by atoms with E-state index in [1.165, 1.54) is 0 Å². The van der Waals surface area contributed by atoms with E-state index in [4.69, 9.17) is 14.2 Å². The maximum atomic E-state index is 12.4. The van der Waals surface area contributed by atoms with E-state index in [2.05, 4.69) is 9.97 Å². The van der Waals surface area contributed by atoms with Crippen molar-refractivity contribution in [2.24, 2.45) is 0 Å². The molecule has 0 amide bonds. The van der Waals surface area contributed by atoms with Gasteiger partial charge in [0.25, 0.3) is 5.56 Å². The number of nitrogens with zero attached hydrogens (tertiary/aromatic N) is 1. The lowest BCUT2D eigenvalue weighted by Gasteiger charge is -2.14. The normalized spacial score (nSPS) is 10.7. The van der Waals surface area contributed by atoms with Gasteiger partial charge in [0.05, 0.1) is 17.5 Å². The number of hydrogen-bond acceptors (Lipinski definition) is 5. The third kappa shape index (κ3) is 4.43. The zero-order chi connectivity index (χ0) is 20.8. The molecule has 0 bridgehead atoms. The van der Waals surface area contributed by atoms with Gasteiger partial charge in [-0.25, -0.2) is 4.98 Å². The molecule has 0 spiro atoms. The number of ether oxygens (including phenoxy) is 3.